The Hall–Kier alpha value is -3.27. The molecule has 0 saturated heterocycles. The predicted molar refractivity (Wildman–Crippen MR) is 138 cm³/mol. The molecule has 1 atom stereocenters. The summed E-state index contributed by atoms with van der Waals surface area (Å²) >= 11 is 0. The number of sulfonamides is 1. The summed E-state index contributed by atoms with van der Waals surface area (Å²) in [5, 5.41) is 2.95. The second-order valence-electron chi connectivity index (χ2n) is 9.62. The van der Waals surface area contributed by atoms with E-state index < -0.39 is 34.1 Å². The number of carbonyl (C=O) groups is 2. The number of rotatable bonds is 10. The molecule has 1 N–H and O–H groups in total. The molecule has 1 heterocycles. The minimum atomic E-state index is -3.82. The fourth-order valence-corrected chi connectivity index (χ4v) is 4.97. The molecule has 36 heavy (non-hydrogen) atoms. The average molecular weight is 518 g/mol. The van der Waals surface area contributed by atoms with Gasteiger partial charge >= 0.3 is 0 Å². The highest BCUT2D eigenvalue weighted by molar-refractivity contribution is 7.92. The van der Waals surface area contributed by atoms with Crippen LogP contribution in [0.4, 0.5) is 5.69 Å². The third-order valence-corrected chi connectivity index (χ3v) is 7.44. The standard InChI is InChI=1S/C26H35N3O6S/c1-6-21(25(31)27-26(3,4)5)28(16-19-11-9-8-10-12-19)24(30)17-29(36(32,33)7-2)20-13-14-22-23(15-20)35-18-34-22/h8-15,21H,6-7,16-18H2,1-5H3,(H,27,31)/t21-/m1/s1. The number of benzene rings is 2. The van der Waals surface area contributed by atoms with Gasteiger partial charge in [0.2, 0.25) is 28.6 Å². The monoisotopic (exact) mass is 517 g/mol. The van der Waals surface area contributed by atoms with Gasteiger partial charge in [0.15, 0.2) is 11.5 Å². The van der Waals surface area contributed by atoms with Crippen molar-refractivity contribution in [2.45, 2.75) is 59.2 Å². The lowest BCUT2D eigenvalue weighted by atomic mass is 10.1. The van der Waals surface area contributed by atoms with Crippen molar-refractivity contribution in [3.63, 3.8) is 0 Å². The molecule has 0 unspecified atom stereocenters. The van der Waals surface area contributed by atoms with Crippen molar-refractivity contribution in [3.8, 4) is 11.5 Å². The second-order valence-corrected chi connectivity index (χ2v) is 11.8. The minimum Gasteiger partial charge on any atom is -0.454 e. The van der Waals surface area contributed by atoms with E-state index >= 15 is 0 Å². The molecule has 9 nitrogen and oxygen atoms in total. The van der Waals surface area contributed by atoms with Crippen LogP contribution in [0.2, 0.25) is 0 Å². The number of nitrogens with one attached hydrogen (secondary N) is 1. The van der Waals surface area contributed by atoms with Crippen LogP contribution in [-0.2, 0) is 26.2 Å². The lowest BCUT2D eigenvalue weighted by molar-refractivity contribution is -0.141. The number of carbonyl (C=O) groups excluding carboxylic acids is 2. The van der Waals surface area contributed by atoms with Crippen LogP contribution < -0.4 is 19.1 Å². The zero-order chi connectivity index (χ0) is 26.5. The molecule has 1 aliphatic rings. The number of hydrogen-bond donors (Lipinski definition) is 1. The Balaban J connectivity index is 1.97. The Morgan fingerprint density at radius 2 is 1.69 bits per heavy atom. The van der Waals surface area contributed by atoms with Gasteiger partial charge in [0.1, 0.15) is 12.6 Å². The normalized spacial score (nSPS) is 13.7. The molecule has 10 heteroatoms. The van der Waals surface area contributed by atoms with Gasteiger partial charge in [0.25, 0.3) is 0 Å². The molecule has 3 rings (SSSR count). The van der Waals surface area contributed by atoms with Crippen LogP contribution in [0.1, 0.15) is 46.6 Å². The summed E-state index contributed by atoms with van der Waals surface area (Å²) in [6.45, 7) is 8.72. The summed E-state index contributed by atoms with van der Waals surface area (Å²) < 4.78 is 38.0. The second kappa shape index (κ2) is 11.2. The molecule has 0 radical (unpaired) electrons. The van der Waals surface area contributed by atoms with E-state index in [0.717, 1.165) is 9.87 Å². The fourth-order valence-electron chi connectivity index (χ4n) is 3.91. The molecular weight excluding hydrogens is 482 g/mol. The number of fused-ring (bicyclic) bond motifs is 1. The molecule has 0 fully saturated rings. The van der Waals surface area contributed by atoms with E-state index in [2.05, 4.69) is 5.32 Å². The molecule has 2 amide bonds. The first kappa shape index (κ1) is 27.3. The first-order valence-electron chi connectivity index (χ1n) is 12.0. The molecule has 196 valence electrons. The Kier molecular flexibility index (Phi) is 8.50. The van der Waals surface area contributed by atoms with E-state index in [4.69, 9.17) is 9.47 Å². The molecule has 0 bridgehead atoms. The van der Waals surface area contributed by atoms with Gasteiger partial charge in [-0.2, -0.15) is 0 Å². The van der Waals surface area contributed by atoms with Crippen LogP contribution in [0, 0.1) is 0 Å². The molecule has 0 aliphatic carbocycles. The Morgan fingerprint density at radius 1 is 1.03 bits per heavy atom. The van der Waals surface area contributed by atoms with Gasteiger partial charge in [-0.15, -0.1) is 0 Å². The van der Waals surface area contributed by atoms with E-state index in [1.54, 1.807) is 18.2 Å². The van der Waals surface area contributed by atoms with Crippen LogP contribution in [0.5, 0.6) is 11.5 Å². The van der Waals surface area contributed by atoms with E-state index in [-0.39, 0.29) is 25.0 Å². The average Bonchev–Trinajstić information content (AvgIpc) is 3.29. The van der Waals surface area contributed by atoms with Crippen molar-refractivity contribution in [2.24, 2.45) is 0 Å². The van der Waals surface area contributed by atoms with Crippen LogP contribution >= 0.6 is 0 Å². The first-order valence-corrected chi connectivity index (χ1v) is 13.6. The smallest absolute Gasteiger partial charge is 0.244 e. The van der Waals surface area contributed by atoms with E-state index in [1.165, 1.54) is 11.8 Å². The lowest BCUT2D eigenvalue weighted by Gasteiger charge is -2.34. The van der Waals surface area contributed by atoms with Crippen LogP contribution in [-0.4, -0.2) is 55.8 Å². The van der Waals surface area contributed by atoms with Gasteiger partial charge in [-0.3, -0.25) is 13.9 Å². The maximum absolute atomic E-state index is 13.8. The van der Waals surface area contributed by atoms with Crippen molar-refractivity contribution in [1.82, 2.24) is 10.2 Å². The summed E-state index contributed by atoms with van der Waals surface area (Å²) in [7, 11) is -3.82. The lowest BCUT2D eigenvalue weighted by Crippen LogP contribution is -2.55. The molecule has 0 saturated carbocycles. The molecule has 1 aliphatic heterocycles. The highest BCUT2D eigenvalue weighted by Crippen LogP contribution is 2.36. The molecule has 2 aromatic carbocycles. The number of anilines is 1. The number of hydrogen-bond acceptors (Lipinski definition) is 6. The molecule has 0 spiro atoms. The minimum absolute atomic E-state index is 0.0458. The molecule has 2 aromatic rings. The quantitative estimate of drug-likeness (QED) is 0.519. The topological polar surface area (TPSA) is 105 Å². The van der Waals surface area contributed by atoms with Crippen LogP contribution in [0.15, 0.2) is 48.5 Å². The largest absolute Gasteiger partial charge is 0.454 e. The molecular formula is C26H35N3O6S. The van der Waals surface area contributed by atoms with Crippen molar-refractivity contribution in [1.29, 1.82) is 0 Å². The Labute approximate surface area is 213 Å². The summed E-state index contributed by atoms with van der Waals surface area (Å²) in [6.07, 6.45) is 0.366. The van der Waals surface area contributed by atoms with Crippen LogP contribution in [0.25, 0.3) is 0 Å². The summed E-state index contributed by atoms with van der Waals surface area (Å²) in [5.74, 6) is -0.0515. The SMILES string of the molecule is CC[C@H](C(=O)NC(C)(C)C)N(Cc1ccccc1)C(=O)CN(c1ccc2c(c1)OCO2)S(=O)(=O)CC. The van der Waals surface area contributed by atoms with Gasteiger partial charge in [-0.1, -0.05) is 37.3 Å². The summed E-state index contributed by atoms with van der Waals surface area (Å²) in [6, 6.07) is 13.3. The summed E-state index contributed by atoms with van der Waals surface area (Å²) in [4.78, 5) is 28.4. The highest BCUT2D eigenvalue weighted by atomic mass is 32.2. The maximum Gasteiger partial charge on any atom is 0.244 e. The van der Waals surface area contributed by atoms with Gasteiger partial charge in [-0.25, -0.2) is 8.42 Å². The zero-order valence-corrected chi connectivity index (χ0v) is 22.3. The zero-order valence-electron chi connectivity index (χ0n) is 21.5. The fraction of sp³-hybridized carbons (Fsp3) is 0.462. The van der Waals surface area contributed by atoms with Gasteiger partial charge < -0.3 is 19.7 Å². The van der Waals surface area contributed by atoms with Gasteiger partial charge in [0, 0.05) is 18.2 Å². The first-order chi connectivity index (χ1) is 16.9. The number of amides is 2. The summed E-state index contributed by atoms with van der Waals surface area (Å²) in [5.41, 5.74) is 0.637. The van der Waals surface area contributed by atoms with Crippen molar-refractivity contribution < 1.29 is 27.5 Å². The number of ether oxygens (including phenoxy) is 2. The van der Waals surface area contributed by atoms with Crippen molar-refractivity contribution >= 4 is 27.5 Å². The van der Waals surface area contributed by atoms with E-state index in [1.807, 2.05) is 58.0 Å². The Morgan fingerprint density at radius 3 is 2.31 bits per heavy atom. The van der Waals surface area contributed by atoms with Crippen LogP contribution in [0.3, 0.4) is 0 Å². The van der Waals surface area contributed by atoms with Crippen molar-refractivity contribution in [2.75, 3.05) is 23.4 Å². The van der Waals surface area contributed by atoms with Crippen molar-refractivity contribution in [3.05, 3.63) is 54.1 Å². The molecule has 0 aromatic heterocycles. The third-order valence-electron chi connectivity index (χ3n) is 5.70. The predicted octanol–water partition coefficient (Wildman–Crippen LogP) is 3.29. The maximum atomic E-state index is 13.8. The van der Waals surface area contributed by atoms with Gasteiger partial charge in [-0.05, 0) is 51.8 Å². The van der Waals surface area contributed by atoms with E-state index in [0.29, 0.717) is 23.6 Å². The Bertz CT molecular complexity index is 1180. The third kappa shape index (κ3) is 6.69. The van der Waals surface area contributed by atoms with Gasteiger partial charge in [0.05, 0.1) is 11.4 Å². The highest BCUT2D eigenvalue weighted by Gasteiger charge is 2.34. The number of nitrogens with zero attached hydrogens (tertiary/aromatic N) is 2. The van der Waals surface area contributed by atoms with E-state index in [9.17, 15) is 18.0 Å².